The van der Waals surface area contributed by atoms with E-state index >= 15 is 0 Å². The Hall–Kier alpha value is -2.41. The van der Waals surface area contributed by atoms with Gasteiger partial charge in [0.1, 0.15) is 0 Å². The number of benzene rings is 1. The predicted octanol–water partition coefficient (Wildman–Crippen LogP) is 3.15. The maximum absolute atomic E-state index is 11.2. The number of aromatic nitrogens is 1. The fraction of sp³-hybridized carbons (Fsp3) is 0.250. The normalized spacial score (nSPS) is 21.1. The van der Waals surface area contributed by atoms with E-state index in [9.17, 15) is 10.1 Å². The molecule has 2 aromatic rings. The van der Waals surface area contributed by atoms with Crippen LogP contribution in [-0.4, -0.2) is 31.8 Å². The number of hydrogen-bond donors (Lipinski definition) is 0. The maximum atomic E-state index is 11.2. The SMILES string of the molecule is O=[N+]([O-])c1cccc2c1C[C@H]1CSC(=Nc3cccnc3)N1C2. The molecule has 2 aliphatic rings. The van der Waals surface area contributed by atoms with Gasteiger partial charge < -0.3 is 4.90 Å². The van der Waals surface area contributed by atoms with Crippen molar-refractivity contribution in [1.82, 2.24) is 9.88 Å². The van der Waals surface area contributed by atoms with Crippen LogP contribution in [0.15, 0.2) is 47.7 Å². The Morgan fingerprint density at radius 2 is 2.26 bits per heavy atom. The molecule has 0 spiro atoms. The molecule has 2 aliphatic heterocycles. The molecule has 0 N–H and O–H groups in total. The summed E-state index contributed by atoms with van der Waals surface area (Å²) < 4.78 is 0. The third kappa shape index (κ3) is 2.57. The van der Waals surface area contributed by atoms with Crippen LogP contribution in [0.4, 0.5) is 11.4 Å². The zero-order chi connectivity index (χ0) is 15.8. The molecule has 7 heteroatoms. The van der Waals surface area contributed by atoms with E-state index < -0.39 is 0 Å². The van der Waals surface area contributed by atoms with Gasteiger partial charge in [-0.05, 0) is 17.7 Å². The summed E-state index contributed by atoms with van der Waals surface area (Å²) in [4.78, 5) is 22.0. The van der Waals surface area contributed by atoms with Gasteiger partial charge in [-0.15, -0.1) is 0 Å². The number of aliphatic imine (C=N–C) groups is 1. The molecule has 1 aromatic heterocycles. The molecule has 0 amide bonds. The van der Waals surface area contributed by atoms with E-state index in [4.69, 9.17) is 0 Å². The Balaban J connectivity index is 1.67. The van der Waals surface area contributed by atoms with Crippen molar-refractivity contribution in [2.24, 2.45) is 4.99 Å². The van der Waals surface area contributed by atoms with Gasteiger partial charge >= 0.3 is 0 Å². The van der Waals surface area contributed by atoms with E-state index in [2.05, 4.69) is 14.9 Å². The largest absolute Gasteiger partial charge is 0.343 e. The topological polar surface area (TPSA) is 71.6 Å². The van der Waals surface area contributed by atoms with Crippen LogP contribution < -0.4 is 0 Å². The number of amidine groups is 1. The van der Waals surface area contributed by atoms with Gasteiger partial charge in [-0.3, -0.25) is 15.1 Å². The highest BCUT2D eigenvalue weighted by atomic mass is 32.2. The molecule has 0 saturated carbocycles. The molecule has 0 unspecified atom stereocenters. The Labute approximate surface area is 137 Å². The quantitative estimate of drug-likeness (QED) is 0.626. The molecule has 1 atom stereocenters. The smallest absolute Gasteiger partial charge is 0.273 e. The second-order valence-electron chi connectivity index (χ2n) is 5.57. The van der Waals surface area contributed by atoms with E-state index in [-0.39, 0.29) is 16.7 Å². The van der Waals surface area contributed by atoms with Crippen molar-refractivity contribution in [1.29, 1.82) is 0 Å². The molecule has 1 fully saturated rings. The van der Waals surface area contributed by atoms with Crippen LogP contribution in [-0.2, 0) is 13.0 Å². The number of hydrogen-bond acceptors (Lipinski definition) is 5. The monoisotopic (exact) mass is 326 g/mol. The van der Waals surface area contributed by atoms with Crippen LogP contribution in [0.5, 0.6) is 0 Å². The summed E-state index contributed by atoms with van der Waals surface area (Å²) in [7, 11) is 0. The van der Waals surface area contributed by atoms with E-state index in [1.54, 1.807) is 36.3 Å². The van der Waals surface area contributed by atoms with Crippen molar-refractivity contribution in [3.05, 3.63) is 64.0 Å². The van der Waals surface area contributed by atoms with Gasteiger partial charge in [0.25, 0.3) is 5.69 Å². The first kappa shape index (κ1) is 14.2. The van der Waals surface area contributed by atoms with E-state index in [0.717, 1.165) is 27.7 Å². The first-order chi connectivity index (χ1) is 11.2. The molecular formula is C16H14N4O2S. The van der Waals surface area contributed by atoms with Crippen LogP contribution in [0.25, 0.3) is 0 Å². The lowest BCUT2D eigenvalue weighted by atomic mass is 9.94. The van der Waals surface area contributed by atoms with Crippen LogP contribution >= 0.6 is 11.8 Å². The molecule has 4 rings (SSSR count). The van der Waals surface area contributed by atoms with Crippen molar-refractivity contribution in [3.8, 4) is 0 Å². The van der Waals surface area contributed by atoms with Crippen LogP contribution in [0, 0.1) is 10.1 Å². The van der Waals surface area contributed by atoms with Crippen molar-refractivity contribution in [3.63, 3.8) is 0 Å². The number of fused-ring (bicyclic) bond motifs is 2. The molecule has 0 aliphatic carbocycles. The van der Waals surface area contributed by atoms with Crippen LogP contribution in [0.2, 0.25) is 0 Å². The summed E-state index contributed by atoms with van der Waals surface area (Å²) >= 11 is 1.71. The molecule has 3 heterocycles. The minimum Gasteiger partial charge on any atom is -0.343 e. The highest BCUT2D eigenvalue weighted by Crippen LogP contribution is 2.37. The van der Waals surface area contributed by atoms with E-state index in [1.807, 2.05) is 18.2 Å². The highest BCUT2D eigenvalue weighted by Gasteiger charge is 2.37. The molecule has 6 nitrogen and oxygen atoms in total. The summed E-state index contributed by atoms with van der Waals surface area (Å²) in [5.74, 6) is 0.907. The standard InChI is InChI=1S/C16H14N4O2S/c21-20(22)15-5-1-3-11-9-19-13(7-14(11)15)10-23-16(19)18-12-4-2-6-17-8-12/h1-6,8,13H,7,9-10H2/t13-/m0/s1. The fourth-order valence-electron chi connectivity index (χ4n) is 3.09. The zero-order valence-electron chi connectivity index (χ0n) is 12.3. The molecular weight excluding hydrogens is 312 g/mol. The number of nitro groups is 1. The summed E-state index contributed by atoms with van der Waals surface area (Å²) in [6.07, 6.45) is 4.17. The zero-order valence-corrected chi connectivity index (χ0v) is 13.1. The van der Waals surface area contributed by atoms with Gasteiger partial charge in [-0.1, -0.05) is 23.9 Å². The lowest BCUT2D eigenvalue weighted by molar-refractivity contribution is -0.385. The highest BCUT2D eigenvalue weighted by molar-refractivity contribution is 8.14. The number of nitro benzene ring substituents is 1. The predicted molar refractivity (Wildman–Crippen MR) is 89.9 cm³/mol. The van der Waals surface area contributed by atoms with E-state index in [1.165, 1.54) is 0 Å². The van der Waals surface area contributed by atoms with Gasteiger partial charge in [0.05, 0.1) is 16.8 Å². The first-order valence-corrected chi connectivity index (χ1v) is 8.34. The lowest BCUT2D eigenvalue weighted by Gasteiger charge is -2.32. The van der Waals surface area contributed by atoms with Crippen LogP contribution in [0.1, 0.15) is 11.1 Å². The van der Waals surface area contributed by atoms with Gasteiger partial charge in [-0.2, -0.15) is 0 Å². The average molecular weight is 326 g/mol. The lowest BCUT2D eigenvalue weighted by Crippen LogP contribution is -2.39. The summed E-state index contributed by atoms with van der Waals surface area (Å²) in [6.45, 7) is 0.674. The second-order valence-corrected chi connectivity index (χ2v) is 6.56. The summed E-state index contributed by atoms with van der Waals surface area (Å²) in [5.41, 5.74) is 2.98. The third-order valence-electron chi connectivity index (χ3n) is 4.19. The third-order valence-corrected chi connectivity index (χ3v) is 5.32. The summed E-state index contributed by atoms with van der Waals surface area (Å²) in [5, 5.41) is 12.2. The molecule has 23 heavy (non-hydrogen) atoms. The van der Waals surface area contributed by atoms with Crippen molar-refractivity contribution < 1.29 is 4.92 Å². The molecule has 1 saturated heterocycles. The summed E-state index contributed by atoms with van der Waals surface area (Å²) in [6, 6.07) is 9.40. The van der Waals surface area contributed by atoms with Crippen molar-refractivity contribution in [2.45, 2.75) is 19.0 Å². The minimum absolute atomic E-state index is 0.241. The minimum atomic E-state index is -0.277. The second kappa shape index (κ2) is 5.66. The van der Waals surface area contributed by atoms with Gasteiger partial charge in [0.2, 0.25) is 0 Å². The Morgan fingerprint density at radius 3 is 3.04 bits per heavy atom. The average Bonchev–Trinajstić information content (AvgIpc) is 2.95. The number of nitrogens with zero attached hydrogens (tertiary/aromatic N) is 4. The molecule has 0 bridgehead atoms. The Kier molecular flexibility index (Phi) is 3.49. The van der Waals surface area contributed by atoms with E-state index in [0.29, 0.717) is 13.0 Å². The molecule has 116 valence electrons. The Bertz CT molecular complexity index is 794. The number of pyridine rings is 1. The maximum Gasteiger partial charge on any atom is 0.273 e. The first-order valence-electron chi connectivity index (χ1n) is 7.35. The van der Waals surface area contributed by atoms with Crippen molar-refractivity contribution in [2.75, 3.05) is 5.75 Å². The Morgan fingerprint density at radius 1 is 1.35 bits per heavy atom. The van der Waals surface area contributed by atoms with Crippen LogP contribution in [0.3, 0.4) is 0 Å². The molecule has 1 aromatic carbocycles. The fourth-order valence-corrected chi connectivity index (χ4v) is 4.28. The van der Waals surface area contributed by atoms with Gasteiger partial charge in [0.15, 0.2) is 5.17 Å². The molecule has 0 radical (unpaired) electrons. The number of rotatable bonds is 2. The van der Waals surface area contributed by atoms with Gasteiger partial charge in [-0.25, -0.2) is 4.99 Å². The van der Waals surface area contributed by atoms with Crippen molar-refractivity contribution >= 4 is 28.3 Å². The van der Waals surface area contributed by atoms with Gasteiger partial charge in [0, 0.05) is 42.6 Å². The number of thioether (sulfide) groups is 1.